The lowest BCUT2D eigenvalue weighted by Crippen LogP contribution is -2.42. The number of aromatic nitrogens is 1. The summed E-state index contributed by atoms with van der Waals surface area (Å²) in [4.78, 5) is 14.7. The number of hydrogen-bond donors (Lipinski definition) is 2. The molecule has 0 unspecified atom stereocenters. The van der Waals surface area contributed by atoms with Gasteiger partial charge in [0.25, 0.3) is 0 Å². The van der Waals surface area contributed by atoms with Crippen LogP contribution in [0.2, 0.25) is 5.02 Å². The molecule has 3 rings (SSSR count). The normalized spacial score (nSPS) is 20.5. The highest BCUT2D eigenvalue weighted by molar-refractivity contribution is 6.35. The summed E-state index contributed by atoms with van der Waals surface area (Å²) in [5.74, 6) is -0.966. The van der Waals surface area contributed by atoms with Crippen LogP contribution in [0.25, 0.3) is 10.9 Å². The lowest BCUT2D eigenvalue weighted by Gasteiger charge is -2.39. The maximum Gasteiger partial charge on any atom is 0.306 e. The van der Waals surface area contributed by atoms with Gasteiger partial charge in [0.2, 0.25) is 0 Å². The Balaban J connectivity index is 2.35. The topological polar surface area (TPSA) is 86.1 Å². The molecular formula is C17H17ClN2O3. The number of benzene rings is 1. The molecule has 120 valence electrons. The Morgan fingerprint density at radius 1 is 1.57 bits per heavy atom. The summed E-state index contributed by atoms with van der Waals surface area (Å²) in [6.07, 6.45) is 0.489. The molecule has 1 aliphatic heterocycles. The molecule has 23 heavy (non-hydrogen) atoms. The number of carbonyl (C=O) groups is 1. The average Bonchev–Trinajstić information content (AvgIpc) is 2.89. The number of carboxylic acid groups (broad SMARTS) is 1. The van der Waals surface area contributed by atoms with Crippen LogP contribution in [0.4, 0.5) is 0 Å². The van der Waals surface area contributed by atoms with Gasteiger partial charge in [0, 0.05) is 5.39 Å². The highest BCUT2D eigenvalue weighted by Crippen LogP contribution is 2.45. The molecule has 0 aliphatic carbocycles. The predicted molar refractivity (Wildman–Crippen MR) is 86.4 cm³/mol. The van der Waals surface area contributed by atoms with Crippen molar-refractivity contribution < 1.29 is 14.6 Å². The highest BCUT2D eigenvalue weighted by atomic mass is 35.5. The van der Waals surface area contributed by atoms with Crippen LogP contribution in [0.15, 0.2) is 12.1 Å². The van der Waals surface area contributed by atoms with E-state index in [0.29, 0.717) is 29.1 Å². The summed E-state index contributed by atoms with van der Waals surface area (Å²) in [5, 5.41) is 20.1. The first-order valence-corrected chi connectivity index (χ1v) is 7.88. The van der Waals surface area contributed by atoms with Crippen molar-refractivity contribution in [2.45, 2.75) is 32.3 Å². The quantitative estimate of drug-likeness (QED) is 0.899. The van der Waals surface area contributed by atoms with E-state index < -0.39 is 11.6 Å². The molecule has 0 saturated carbocycles. The van der Waals surface area contributed by atoms with Crippen molar-refractivity contribution in [3.05, 3.63) is 34.0 Å². The number of H-pyrrole nitrogens is 1. The van der Waals surface area contributed by atoms with Crippen molar-refractivity contribution in [3.8, 4) is 6.07 Å². The van der Waals surface area contributed by atoms with Crippen LogP contribution in [-0.2, 0) is 21.6 Å². The van der Waals surface area contributed by atoms with E-state index >= 15 is 0 Å². The van der Waals surface area contributed by atoms with Gasteiger partial charge in [0.1, 0.15) is 5.60 Å². The lowest BCUT2D eigenvalue weighted by molar-refractivity contribution is -0.154. The number of carboxylic acids is 1. The van der Waals surface area contributed by atoms with E-state index in [-0.39, 0.29) is 12.3 Å². The van der Waals surface area contributed by atoms with Gasteiger partial charge in [-0.25, -0.2) is 0 Å². The first kappa shape index (κ1) is 15.9. The second-order valence-electron chi connectivity index (χ2n) is 6.15. The Hall–Kier alpha value is -2.03. The van der Waals surface area contributed by atoms with Gasteiger partial charge in [-0.15, -0.1) is 0 Å². The Kier molecular flexibility index (Phi) is 3.83. The number of halogens is 1. The van der Waals surface area contributed by atoms with Crippen molar-refractivity contribution >= 4 is 28.5 Å². The molecular weight excluding hydrogens is 316 g/mol. The maximum atomic E-state index is 11.4. The fourth-order valence-electron chi connectivity index (χ4n) is 3.47. The van der Waals surface area contributed by atoms with Gasteiger partial charge >= 0.3 is 5.97 Å². The zero-order chi connectivity index (χ0) is 16.8. The van der Waals surface area contributed by atoms with Gasteiger partial charge in [-0.2, -0.15) is 5.26 Å². The van der Waals surface area contributed by atoms with Crippen molar-refractivity contribution in [1.82, 2.24) is 4.98 Å². The molecule has 2 aromatic rings. The first-order chi connectivity index (χ1) is 10.9. The van der Waals surface area contributed by atoms with Crippen molar-refractivity contribution in [1.29, 1.82) is 5.26 Å². The van der Waals surface area contributed by atoms with Crippen molar-refractivity contribution in [2.75, 3.05) is 6.61 Å². The fourth-order valence-corrected chi connectivity index (χ4v) is 3.68. The Labute approximate surface area is 138 Å². The number of aromatic amines is 1. The third-order valence-corrected chi connectivity index (χ3v) is 4.92. The van der Waals surface area contributed by atoms with Gasteiger partial charge in [0.15, 0.2) is 0 Å². The maximum absolute atomic E-state index is 11.4. The van der Waals surface area contributed by atoms with Crippen LogP contribution in [0.1, 0.15) is 37.1 Å². The van der Waals surface area contributed by atoms with Gasteiger partial charge in [-0.1, -0.05) is 25.4 Å². The fraction of sp³-hybridized carbons (Fsp3) is 0.412. The summed E-state index contributed by atoms with van der Waals surface area (Å²) in [5.41, 5.74) is 1.96. The molecule has 0 fully saturated rings. The molecule has 0 radical (unpaired) electrons. The molecule has 0 spiro atoms. The van der Waals surface area contributed by atoms with E-state index in [0.717, 1.165) is 16.6 Å². The molecule has 6 heteroatoms. The highest BCUT2D eigenvalue weighted by Gasteiger charge is 2.45. The summed E-state index contributed by atoms with van der Waals surface area (Å²) < 4.78 is 5.97. The molecule has 1 aromatic carbocycles. The summed E-state index contributed by atoms with van der Waals surface area (Å²) in [6, 6.07) is 5.57. The van der Waals surface area contributed by atoms with Gasteiger partial charge in [-0.3, -0.25) is 4.79 Å². The van der Waals surface area contributed by atoms with Crippen LogP contribution in [-0.4, -0.2) is 22.7 Å². The molecule has 1 aliphatic rings. The van der Waals surface area contributed by atoms with E-state index in [2.05, 4.69) is 11.1 Å². The third-order valence-electron chi connectivity index (χ3n) is 4.61. The minimum absolute atomic E-state index is 0.0463. The molecule has 1 aromatic heterocycles. The Bertz CT molecular complexity index is 834. The number of nitriles is 1. The van der Waals surface area contributed by atoms with Crippen LogP contribution in [0, 0.1) is 17.2 Å². The molecule has 0 saturated heterocycles. The van der Waals surface area contributed by atoms with Crippen molar-refractivity contribution in [3.63, 3.8) is 0 Å². The van der Waals surface area contributed by atoms with E-state index in [9.17, 15) is 15.2 Å². The molecule has 0 bridgehead atoms. The number of nitrogens with zero attached hydrogens (tertiary/aromatic N) is 1. The van der Waals surface area contributed by atoms with E-state index in [1.54, 1.807) is 12.1 Å². The van der Waals surface area contributed by atoms with Crippen molar-refractivity contribution in [2.24, 2.45) is 5.92 Å². The van der Waals surface area contributed by atoms with Crippen LogP contribution in [0.5, 0.6) is 0 Å². The van der Waals surface area contributed by atoms with E-state index in [4.69, 9.17) is 16.3 Å². The zero-order valence-corrected chi connectivity index (χ0v) is 13.7. The number of fused-ring (bicyclic) bond motifs is 3. The monoisotopic (exact) mass is 332 g/mol. The Morgan fingerprint density at radius 3 is 2.91 bits per heavy atom. The summed E-state index contributed by atoms with van der Waals surface area (Å²) >= 11 is 6.29. The molecule has 5 nitrogen and oxygen atoms in total. The molecule has 2 heterocycles. The number of ether oxygens (including phenoxy) is 1. The lowest BCUT2D eigenvalue weighted by atomic mass is 9.79. The Morgan fingerprint density at radius 2 is 2.30 bits per heavy atom. The molecule has 0 amide bonds. The summed E-state index contributed by atoms with van der Waals surface area (Å²) in [7, 11) is 0. The molecule has 1 atom stereocenters. The second-order valence-corrected chi connectivity index (χ2v) is 6.56. The minimum atomic E-state index is -0.936. The number of aliphatic carboxylic acids is 1. The standard InChI is InChI=1S/C17H17ClN2O3/c1-9(2)17(7-13(21)22)16-11(5-6-23-17)14-10(8-19)3-4-12(18)15(14)20-16/h3-4,9,20H,5-7H2,1-2H3,(H,21,22)/t17-/m1/s1. The third kappa shape index (κ3) is 2.30. The smallest absolute Gasteiger partial charge is 0.306 e. The first-order valence-electron chi connectivity index (χ1n) is 7.50. The predicted octanol–water partition coefficient (Wildman–Crippen LogP) is 3.59. The SMILES string of the molecule is CC(C)[C@@]1(CC(=O)O)OCCc2c1[nH]c1c(Cl)ccc(C#N)c21. The number of hydrogen-bond acceptors (Lipinski definition) is 3. The number of rotatable bonds is 3. The van der Waals surface area contributed by atoms with E-state index in [1.807, 2.05) is 13.8 Å². The van der Waals surface area contributed by atoms with Gasteiger partial charge in [-0.05, 0) is 30.0 Å². The van der Waals surface area contributed by atoms with Crippen LogP contribution >= 0.6 is 11.6 Å². The zero-order valence-electron chi connectivity index (χ0n) is 12.9. The molecule has 2 N–H and O–H groups in total. The van der Waals surface area contributed by atoms with E-state index in [1.165, 1.54) is 0 Å². The average molecular weight is 333 g/mol. The largest absolute Gasteiger partial charge is 0.481 e. The van der Waals surface area contributed by atoms with Gasteiger partial charge < -0.3 is 14.8 Å². The minimum Gasteiger partial charge on any atom is -0.481 e. The number of nitrogens with one attached hydrogen (secondary N) is 1. The van der Waals surface area contributed by atoms with Crippen LogP contribution in [0.3, 0.4) is 0 Å². The summed E-state index contributed by atoms with van der Waals surface area (Å²) in [6.45, 7) is 4.30. The second kappa shape index (κ2) is 5.55. The van der Waals surface area contributed by atoms with Crippen LogP contribution < -0.4 is 0 Å². The van der Waals surface area contributed by atoms with Gasteiger partial charge in [0.05, 0.1) is 40.9 Å².